The number of aryl methyl sites for hydroxylation is 2. The fraction of sp³-hybridized carbons (Fsp3) is 0.125. The summed E-state index contributed by atoms with van der Waals surface area (Å²) >= 11 is 1.71. The summed E-state index contributed by atoms with van der Waals surface area (Å²) < 4.78 is 1.19. The SMILES string of the molecule is Cc1cc(C)c2c(n1)sc1c(-c3ccccc3)n[nH]c12. The number of benzene rings is 1. The van der Waals surface area contributed by atoms with Crippen LogP contribution in [0.2, 0.25) is 0 Å². The summed E-state index contributed by atoms with van der Waals surface area (Å²) in [4.78, 5) is 5.74. The quantitative estimate of drug-likeness (QED) is 0.559. The Morgan fingerprint density at radius 2 is 1.90 bits per heavy atom. The Kier molecular flexibility index (Phi) is 2.41. The third-order valence-electron chi connectivity index (χ3n) is 3.53. The largest absolute Gasteiger partial charge is 0.276 e. The molecule has 0 bridgehead atoms. The van der Waals surface area contributed by atoms with E-state index in [4.69, 9.17) is 0 Å². The van der Waals surface area contributed by atoms with Crippen LogP contribution in [0.4, 0.5) is 0 Å². The van der Waals surface area contributed by atoms with E-state index in [9.17, 15) is 0 Å². The number of fused-ring (bicyclic) bond motifs is 3. The molecule has 3 heterocycles. The van der Waals surface area contributed by atoms with Gasteiger partial charge in [0.05, 0.1) is 10.2 Å². The molecule has 4 aromatic rings. The maximum absolute atomic E-state index is 4.65. The minimum atomic E-state index is 1.01. The summed E-state index contributed by atoms with van der Waals surface area (Å²) in [5, 5.41) is 8.89. The van der Waals surface area contributed by atoms with E-state index < -0.39 is 0 Å². The highest BCUT2D eigenvalue weighted by Gasteiger charge is 2.16. The molecule has 0 spiro atoms. The molecule has 3 nitrogen and oxygen atoms in total. The van der Waals surface area contributed by atoms with Gasteiger partial charge in [-0.15, -0.1) is 11.3 Å². The molecule has 0 aliphatic heterocycles. The minimum absolute atomic E-state index is 1.01. The first-order valence-corrected chi connectivity index (χ1v) is 7.36. The van der Waals surface area contributed by atoms with Gasteiger partial charge in [-0.2, -0.15) is 5.10 Å². The maximum atomic E-state index is 4.65. The van der Waals surface area contributed by atoms with Crippen molar-refractivity contribution in [2.24, 2.45) is 0 Å². The van der Waals surface area contributed by atoms with Crippen LogP contribution in [0, 0.1) is 13.8 Å². The van der Waals surface area contributed by atoms with Gasteiger partial charge in [0.25, 0.3) is 0 Å². The topological polar surface area (TPSA) is 41.6 Å². The smallest absolute Gasteiger partial charge is 0.126 e. The number of aromatic nitrogens is 3. The van der Waals surface area contributed by atoms with Crippen molar-refractivity contribution in [1.82, 2.24) is 15.2 Å². The van der Waals surface area contributed by atoms with Crippen LogP contribution in [0.1, 0.15) is 11.3 Å². The van der Waals surface area contributed by atoms with Gasteiger partial charge in [0.15, 0.2) is 0 Å². The number of rotatable bonds is 1. The molecule has 0 aliphatic carbocycles. The normalized spacial score (nSPS) is 11.5. The number of nitrogens with zero attached hydrogens (tertiary/aromatic N) is 2. The predicted octanol–water partition coefficient (Wildman–Crippen LogP) is 4.46. The summed E-state index contributed by atoms with van der Waals surface area (Å²) in [5.74, 6) is 0. The molecule has 0 radical (unpaired) electrons. The van der Waals surface area contributed by atoms with Crippen molar-refractivity contribution in [3.8, 4) is 11.3 Å². The maximum Gasteiger partial charge on any atom is 0.126 e. The third kappa shape index (κ3) is 1.58. The molecule has 0 amide bonds. The van der Waals surface area contributed by atoms with Gasteiger partial charge in [-0.1, -0.05) is 30.3 Å². The lowest BCUT2D eigenvalue weighted by Gasteiger charge is -1.97. The van der Waals surface area contributed by atoms with Gasteiger partial charge in [0.2, 0.25) is 0 Å². The Bertz CT molecular complexity index is 919. The molecular formula is C16H13N3S. The molecule has 98 valence electrons. The summed E-state index contributed by atoms with van der Waals surface area (Å²) in [6.45, 7) is 4.17. The molecule has 3 aromatic heterocycles. The molecule has 20 heavy (non-hydrogen) atoms. The summed E-state index contributed by atoms with van der Waals surface area (Å²) in [7, 11) is 0. The molecule has 0 saturated carbocycles. The van der Waals surface area contributed by atoms with E-state index >= 15 is 0 Å². The van der Waals surface area contributed by atoms with Crippen LogP contribution in [0.3, 0.4) is 0 Å². The van der Waals surface area contributed by atoms with Gasteiger partial charge in [-0.25, -0.2) is 4.98 Å². The van der Waals surface area contributed by atoms with E-state index in [0.29, 0.717) is 0 Å². The highest BCUT2D eigenvalue weighted by atomic mass is 32.1. The van der Waals surface area contributed by atoms with Crippen LogP contribution < -0.4 is 0 Å². The number of nitrogens with one attached hydrogen (secondary N) is 1. The van der Waals surface area contributed by atoms with E-state index in [1.807, 2.05) is 25.1 Å². The van der Waals surface area contributed by atoms with Crippen molar-refractivity contribution in [3.05, 3.63) is 47.7 Å². The average molecular weight is 279 g/mol. The Morgan fingerprint density at radius 3 is 2.70 bits per heavy atom. The highest BCUT2D eigenvalue weighted by molar-refractivity contribution is 7.25. The van der Waals surface area contributed by atoms with Crippen molar-refractivity contribution in [2.45, 2.75) is 13.8 Å². The molecule has 0 aliphatic rings. The average Bonchev–Trinajstić information content (AvgIpc) is 2.97. The predicted molar refractivity (Wildman–Crippen MR) is 84.2 cm³/mol. The molecular weight excluding hydrogens is 266 g/mol. The molecule has 0 saturated heterocycles. The van der Waals surface area contributed by atoms with E-state index in [1.165, 1.54) is 15.6 Å². The molecule has 1 N–H and O–H groups in total. The molecule has 4 heteroatoms. The number of hydrogen-bond acceptors (Lipinski definition) is 3. The van der Waals surface area contributed by atoms with Crippen molar-refractivity contribution in [3.63, 3.8) is 0 Å². The summed E-state index contributed by atoms with van der Waals surface area (Å²) in [5.41, 5.74) is 5.57. The summed E-state index contributed by atoms with van der Waals surface area (Å²) in [6, 6.07) is 12.4. The van der Waals surface area contributed by atoms with Crippen molar-refractivity contribution < 1.29 is 0 Å². The zero-order chi connectivity index (χ0) is 13.7. The number of aromatic amines is 1. The van der Waals surface area contributed by atoms with E-state index in [1.54, 1.807) is 11.3 Å². The Balaban J connectivity index is 2.09. The van der Waals surface area contributed by atoms with Crippen LogP contribution >= 0.6 is 11.3 Å². The molecule has 1 aromatic carbocycles. The lowest BCUT2D eigenvalue weighted by molar-refractivity contribution is 1.12. The lowest BCUT2D eigenvalue weighted by atomic mass is 10.1. The van der Waals surface area contributed by atoms with Crippen LogP contribution in [-0.4, -0.2) is 15.2 Å². The van der Waals surface area contributed by atoms with Gasteiger partial charge < -0.3 is 0 Å². The van der Waals surface area contributed by atoms with E-state index in [2.05, 4.69) is 40.3 Å². The monoisotopic (exact) mass is 279 g/mol. The second-order valence-electron chi connectivity index (χ2n) is 5.01. The molecule has 0 unspecified atom stereocenters. The number of pyridine rings is 1. The standard InChI is InChI=1S/C16H13N3S/c1-9-8-10(2)17-16-12(9)14-15(20-16)13(18-19-14)11-6-4-3-5-7-11/h3-8H,1-2H3,(H,18,19). The van der Waals surface area contributed by atoms with E-state index in [0.717, 1.165) is 27.3 Å². The van der Waals surface area contributed by atoms with Gasteiger partial charge in [0, 0.05) is 16.6 Å². The van der Waals surface area contributed by atoms with Crippen LogP contribution in [0.25, 0.3) is 31.7 Å². The Hall–Kier alpha value is -2.20. The van der Waals surface area contributed by atoms with Crippen LogP contribution in [-0.2, 0) is 0 Å². The second kappa shape index (κ2) is 4.15. The number of H-pyrrole nitrogens is 1. The molecule has 0 atom stereocenters. The highest BCUT2D eigenvalue weighted by Crippen LogP contribution is 2.38. The zero-order valence-electron chi connectivity index (χ0n) is 11.3. The van der Waals surface area contributed by atoms with Gasteiger partial charge in [-0.3, -0.25) is 5.10 Å². The first kappa shape index (κ1) is 11.6. The third-order valence-corrected chi connectivity index (χ3v) is 4.62. The van der Waals surface area contributed by atoms with Crippen LogP contribution in [0.15, 0.2) is 36.4 Å². The van der Waals surface area contributed by atoms with Crippen LogP contribution in [0.5, 0.6) is 0 Å². The van der Waals surface area contributed by atoms with Crippen molar-refractivity contribution in [2.75, 3.05) is 0 Å². The van der Waals surface area contributed by atoms with Crippen molar-refractivity contribution in [1.29, 1.82) is 0 Å². The Morgan fingerprint density at radius 1 is 1.10 bits per heavy atom. The minimum Gasteiger partial charge on any atom is -0.276 e. The summed E-state index contributed by atoms with van der Waals surface area (Å²) in [6.07, 6.45) is 0. The fourth-order valence-corrected chi connectivity index (χ4v) is 3.93. The van der Waals surface area contributed by atoms with Gasteiger partial charge >= 0.3 is 0 Å². The lowest BCUT2D eigenvalue weighted by Crippen LogP contribution is -1.83. The van der Waals surface area contributed by atoms with Gasteiger partial charge in [0.1, 0.15) is 10.5 Å². The first-order chi connectivity index (χ1) is 9.74. The number of hydrogen-bond donors (Lipinski definition) is 1. The zero-order valence-corrected chi connectivity index (χ0v) is 12.1. The second-order valence-corrected chi connectivity index (χ2v) is 6.00. The first-order valence-electron chi connectivity index (χ1n) is 6.54. The number of thiophene rings is 1. The van der Waals surface area contributed by atoms with Gasteiger partial charge in [-0.05, 0) is 25.5 Å². The van der Waals surface area contributed by atoms with E-state index in [-0.39, 0.29) is 0 Å². The molecule has 0 fully saturated rings. The Labute approximate surface area is 120 Å². The van der Waals surface area contributed by atoms with Crippen molar-refractivity contribution >= 4 is 31.8 Å². The fourth-order valence-electron chi connectivity index (χ4n) is 2.67. The molecule has 4 rings (SSSR count).